The Morgan fingerprint density at radius 3 is 1.04 bits per heavy atom. The third kappa shape index (κ3) is 53.7. The second-order valence-electron chi connectivity index (χ2n) is 21.0. The van der Waals surface area contributed by atoms with Crippen molar-refractivity contribution >= 4 is 11.9 Å². The van der Waals surface area contributed by atoms with Crippen molar-refractivity contribution in [3.8, 4) is 0 Å². The minimum atomic E-state index is -0.667. The molecule has 0 aromatic rings. The van der Waals surface area contributed by atoms with E-state index in [0.29, 0.717) is 25.9 Å². The van der Waals surface area contributed by atoms with Crippen LogP contribution >= 0.6 is 0 Å². The van der Waals surface area contributed by atoms with E-state index in [1.54, 1.807) is 0 Å². The molecule has 402 valence electrons. The van der Waals surface area contributed by atoms with E-state index in [4.69, 9.17) is 4.74 Å². The van der Waals surface area contributed by atoms with Gasteiger partial charge < -0.3 is 20.3 Å². The first-order valence-corrected chi connectivity index (χ1v) is 30.6. The van der Waals surface area contributed by atoms with E-state index >= 15 is 0 Å². The topological polar surface area (TPSA) is 95.9 Å². The summed E-state index contributed by atoms with van der Waals surface area (Å²) in [5.41, 5.74) is 0. The Kier molecular flexibility index (Phi) is 56.5. The number of rotatable bonds is 57. The molecular formula is C62H119NO5. The maximum absolute atomic E-state index is 12.4. The fraction of sp³-hybridized carbons (Fsp3) is 0.903. The van der Waals surface area contributed by atoms with E-state index in [2.05, 4.69) is 43.5 Å². The summed E-state index contributed by atoms with van der Waals surface area (Å²) >= 11 is 0. The van der Waals surface area contributed by atoms with Crippen LogP contribution in [0.2, 0.25) is 0 Å². The highest BCUT2D eigenvalue weighted by Crippen LogP contribution is 2.17. The van der Waals surface area contributed by atoms with Crippen LogP contribution < -0.4 is 5.32 Å². The molecule has 0 saturated heterocycles. The van der Waals surface area contributed by atoms with Gasteiger partial charge in [-0.3, -0.25) is 9.59 Å². The highest BCUT2D eigenvalue weighted by molar-refractivity contribution is 5.76. The van der Waals surface area contributed by atoms with Gasteiger partial charge in [0.2, 0.25) is 5.91 Å². The van der Waals surface area contributed by atoms with E-state index in [9.17, 15) is 19.8 Å². The smallest absolute Gasteiger partial charge is 0.305 e. The zero-order chi connectivity index (χ0) is 49.3. The van der Waals surface area contributed by atoms with Crippen LogP contribution in [0.1, 0.15) is 335 Å². The number of hydrogen-bond donors (Lipinski definition) is 3. The highest BCUT2D eigenvalue weighted by Gasteiger charge is 2.20. The number of aliphatic hydroxyl groups is 2. The van der Waals surface area contributed by atoms with E-state index in [1.165, 1.54) is 257 Å². The van der Waals surface area contributed by atoms with Crippen molar-refractivity contribution < 1.29 is 24.5 Å². The fourth-order valence-corrected chi connectivity index (χ4v) is 9.51. The van der Waals surface area contributed by atoms with Gasteiger partial charge in [-0.15, -0.1) is 0 Å². The lowest BCUT2D eigenvalue weighted by Gasteiger charge is -2.22. The zero-order valence-corrected chi connectivity index (χ0v) is 45.9. The minimum absolute atomic E-state index is 0.00803. The van der Waals surface area contributed by atoms with Gasteiger partial charge in [0.05, 0.1) is 25.4 Å². The first-order valence-electron chi connectivity index (χ1n) is 30.6. The molecule has 0 bridgehead atoms. The molecule has 0 aliphatic heterocycles. The highest BCUT2D eigenvalue weighted by atomic mass is 16.5. The Balaban J connectivity index is 3.38. The van der Waals surface area contributed by atoms with Crippen molar-refractivity contribution in [3.05, 3.63) is 24.3 Å². The molecule has 1 amide bonds. The second kappa shape index (κ2) is 57.9. The first kappa shape index (κ1) is 66.3. The number of hydrogen-bond acceptors (Lipinski definition) is 5. The predicted molar refractivity (Wildman–Crippen MR) is 296 cm³/mol. The van der Waals surface area contributed by atoms with Crippen molar-refractivity contribution in [2.75, 3.05) is 13.2 Å². The van der Waals surface area contributed by atoms with Crippen LogP contribution in [0.5, 0.6) is 0 Å². The summed E-state index contributed by atoms with van der Waals surface area (Å²) in [7, 11) is 0. The number of ether oxygens (including phenoxy) is 1. The number of carbonyl (C=O) groups excluding carboxylic acids is 2. The van der Waals surface area contributed by atoms with Gasteiger partial charge in [-0.1, -0.05) is 269 Å². The van der Waals surface area contributed by atoms with Gasteiger partial charge in [0.1, 0.15) is 0 Å². The quantitative estimate of drug-likeness (QED) is 0.0321. The van der Waals surface area contributed by atoms with Crippen LogP contribution in [-0.4, -0.2) is 47.4 Å². The van der Waals surface area contributed by atoms with Crippen molar-refractivity contribution in [1.82, 2.24) is 5.32 Å². The molecule has 0 aliphatic carbocycles. The molecule has 0 radical (unpaired) electrons. The number of allylic oxidation sites excluding steroid dienone is 4. The molecule has 68 heavy (non-hydrogen) atoms. The minimum Gasteiger partial charge on any atom is -0.466 e. The summed E-state index contributed by atoms with van der Waals surface area (Å²) in [5.74, 6) is -0.0350. The molecule has 0 aromatic heterocycles. The van der Waals surface area contributed by atoms with Gasteiger partial charge in [0, 0.05) is 12.8 Å². The van der Waals surface area contributed by atoms with Gasteiger partial charge in [0.25, 0.3) is 0 Å². The van der Waals surface area contributed by atoms with E-state index in [1.807, 2.05) is 0 Å². The lowest BCUT2D eigenvalue weighted by Crippen LogP contribution is -2.45. The first-order chi connectivity index (χ1) is 33.5. The molecule has 2 unspecified atom stereocenters. The van der Waals surface area contributed by atoms with Gasteiger partial charge in [-0.25, -0.2) is 0 Å². The molecule has 6 nitrogen and oxygen atoms in total. The summed E-state index contributed by atoms with van der Waals surface area (Å²) in [4.78, 5) is 24.5. The predicted octanol–water partition coefficient (Wildman–Crippen LogP) is 19.0. The summed E-state index contributed by atoms with van der Waals surface area (Å²) in [6, 6.07) is -0.545. The van der Waals surface area contributed by atoms with E-state index in [0.717, 1.165) is 44.9 Å². The maximum atomic E-state index is 12.4. The van der Waals surface area contributed by atoms with Crippen LogP contribution in [0, 0.1) is 0 Å². The number of aliphatic hydroxyl groups excluding tert-OH is 2. The van der Waals surface area contributed by atoms with E-state index < -0.39 is 12.1 Å². The summed E-state index contributed by atoms with van der Waals surface area (Å²) in [6.07, 6.45) is 70.4. The summed E-state index contributed by atoms with van der Waals surface area (Å²) in [5, 5.41) is 23.2. The van der Waals surface area contributed by atoms with Gasteiger partial charge in [0.15, 0.2) is 0 Å². The average Bonchev–Trinajstić information content (AvgIpc) is 3.34. The molecule has 0 rings (SSSR count). The van der Waals surface area contributed by atoms with Crippen LogP contribution in [-0.2, 0) is 14.3 Å². The third-order valence-electron chi connectivity index (χ3n) is 14.2. The molecular weight excluding hydrogens is 839 g/mol. The van der Waals surface area contributed by atoms with Crippen LogP contribution in [0.25, 0.3) is 0 Å². The lowest BCUT2D eigenvalue weighted by molar-refractivity contribution is -0.143. The van der Waals surface area contributed by atoms with Crippen molar-refractivity contribution in [1.29, 1.82) is 0 Å². The number of unbranched alkanes of at least 4 members (excludes halogenated alkanes) is 42. The summed E-state index contributed by atoms with van der Waals surface area (Å²) in [6.45, 7) is 4.95. The molecule has 0 aromatic carbocycles. The van der Waals surface area contributed by atoms with Gasteiger partial charge in [-0.2, -0.15) is 0 Å². The molecule has 0 aliphatic rings. The fourth-order valence-electron chi connectivity index (χ4n) is 9.51. The number of esters is 1. The molecule has 0 heterocycles. The summed E-state index contributed by atoms with van der Waals surface area (Å²) < 4.78 is 5.50. The maximum Gasteiger partial charge on any atom is 0.305 e. The Bertz CT molecular complexity index is 1060. The monoisotopic (exact) mass is 958 g/mol. The third-order valence-corrected chi connectivity index (χ3v) is 14.2. The number of amides is 1. The molecule has 6 heteroatoms. The Morgan fingerprint density at radius 1 is 0.397 bits per heavy atom. The van der Waals surface area contributed by atoms with Crippen LogP contribution in [0.3, 0.4) is 0 Å². The average molecular weight is 959 g/mol. The molecule has 0 fully saturated rings. The Morgan fingerprint density at radius 2 is 0.691 bits per heavy atom. The Labute approximate surface area is 424 Å². The van der Waals surface area contributed by atoms with E-state index in [-0.39, 0.29) is 18.5 Å². The number of nitrogens with one attached hydrogen (secondary N) is 1. The zero-order valence-electron chi connectivity index (χ0n) is 45.9. The second-order valence-corrected chi connectivity index (χ2v) is 21.0. The molecule has 3 N–H and O–H groups in total. The lowest BCUT2D eigenvalue weighted by atomic mass is 10.0. The van der Waals surface area contributed by atoms with Crippen molar-refractivity contribution in [3.63, 3.8) is 0 Å². The number of carbonyl (C=O) groups is 2. The normalized spacial score (nSPS) is 12.7. The van der Waals surface area contributed by atoms with Gasteiger partial charge >= 0.3 is 5.97 Å². The Hall–Kier alpha value is -1.66. The largest absolute Gasteiger partial charge is 0.466 e. The molecule has 2 atom stereocenters. The van der Waals surface area contributed by atoms with Gasteiger partial charge in [-0.05, 0) is 77.0 Å². The van der Waals surface area contributed by atoms with Crippen molar-refractivity contribution in [2.45, 2.75) is 347 Å². The van der Waals surface area contributed by atoms with Crippen LogP contribution in [0.15, 0.2) is 24.3 Å². The standard InChI is InChI=1S/C62H119NO5/c1-3-5-7-9-11-13-15-16-17-18-22-26-29-32-36-40-44-48-52-56-62(67)68-57-53-49-45-41-37-33-30-27-24-21-19-20-23-25-28-31-35-39-43-47-51-55-61(66)63-59(58-64)60(65)54-50-46-42-38-34-14-12-10-8-6-4-2/h16-17,20,23,59-60,64-65H,3-15,18-19,21-22,24-58H2,1-2H3,(H,63,66)/b17-16-,23-20-. The SMILES string of the molecule is CCCCCCCC/C=C\CCCCCCCCCCCC(=O)OCCCCCCCCCCCC/C=C\CCCCCCCCCC(=O)NC(CO)C(O)CCCCCCCCCCCCC. The van der Waals surface area contributed by atoms with Crippen molar-refractivity contribution in [2.24, 2.45) is 0 Å². The van der Waals surface area contributed by atoms with Crippen LogP contribution in [0.4, 0.5) is 0 Å². The molecule has 0 spiro atoms. The molecule has 0 saturated carbocycles.